The number of ether oxygens (including phenoxy) is 1. The normalized spacial score (nSPS) is 13.4. The van der Waals surface area contributed by atoms with Gasteiger partial charge in [-0.05, 0) is 37.8 Å². The van der Waals surface area contributed by atoms with Gasteiger partial charge in [0.05, 0.1) is 15.7 Å². The Hall–Kier alpha value is -1.66. The van der Waals surface area contributed by atoms with Crippen LogP contribution in [0.2, 0.25) is 5.02 Å². The van der Waals surface area contributed by atoms with E-state index in [1.807, 2.05) is 0 Å². The van der Waals surface area contributed by atoms with E-state index in [9.17, 15) is 9.18 Å². The minimum absolute atomic E-state index is 0.0272. The Bertz CT molecular complexity index is 712. The van der Waals surface area contributed by atoms with Gasteiger partial charge in [-0.3, -0.25) is 4.79 Å². The molecule has 24 heavy (non-hydrogen) atoms. The third kappa shape index (κ3) is 4.45. The van der Waals surface area contributed by atoms with Crippen molar-refractivity contribution >= 4 is 28.8 Å². The Balaban J connectivity index is 1.41. The van der Waals surface area contributed by atoms with E-state index in [0.717, 1.165) is 24.3 Å². The van der Waals surface area contributed by atoms with E-state index in [1.54, 1.807) is 11.3 Å². The fourth-order valence-electron chi connectivity index (χ4n) is 2.59. The van der Waals surface area contributed by atoms with E-state index >= 15 is 0 Å². The van der Waals surface area contributed by atoms with Crippen LogP contribution in [0.1, 0.15) is 28.4 Å². The van der Waals surface area contributed by atoms with Gasteiger partial charge in [-0.15, -0.1) is 11.3 Å². The fraction of sp³-hybridized carbons (Fsp3) is 0.412. The zero-order chi connectivity index (χ0) is 16.9. The first-order chi connectivity index (χ1) is 11.6. The molecule has 1 heterocycles. The molecule has 0 aliphatic heterocycles. The van der Waals surface area contributed by atoms with E-state index in [2.05, 4.69) is 10.3 Å². The van der Waals surface area contributed by atoms with E-state index in [0.29, 0.717) is 12.3 Å². The summed E-state index contributed by atoms with van der Waals surface area (Å²) in [6, 6.07) is 4.00. The average Bonchev–Trinajstić information content (AvgIpc) is 2.98. The Kier molecular flexibility index (Phi) is 5.68. The topological polar surface area (TPSA) is 51.2 Å². The number of carbonyl (C=O) groups is 1. The maximum Gasteiger partial charge on any atom is 0.257 e. The molecule has 1 aliphatic carbocycles. The number of rotatable bonds is 6. The highest BCUT2D eigenvalue weighted by Crippen LogP contribution is 2.26. The summed E-state index contributed by atoms with van der Waals surface area (Å²) in [6.45, 7) is 0.398. The zero-order valence-corrected chi connectivity index (χ0v) is 14.7. The van der Waals surface area contributed by atoms with Crippen LogP contribution in [0.4, 0.5) is 4.39 Å². The van der Waals surface area contributed by atoms with Crippen LogP contribution in [0, 0.1) is 5.82 Å². The number of hydrogen-bond donors (Lipinski definition) is 1. The first kappa shape index (κ1) is 17.2. The maximum absolute atomic E-state index is 13.0. The van der Waals surface area contributed by atoms with Crippen LogP contribution in [-0.2, 0) is 24.1 Å². The zero-order valence-electron chi connectivity index (χ0n) is 13.1. The lowest BCUT2D eigenvalue weighted by Gasteiger charge is -2.07. The number of hydrogen-bond acceptors (Lipinski definition) is 4. The standard InChI is InChI=1S/C17H18ClFN2O2S/c18-12-9-11(5-6-13(12)19)23-10-16(22)20-8-7-17-21-14-3-1-2-4-15(14)24-17/h5-6,9H,1-4,7-8,10H2,(H,20,22). The summed E-state index contributed by atoms with van der Waals surface area (Å²) in [5.74, 6) is -0.375. The number of carbonyl (C=O) groups excluding carboxylic acids is 1. The molecular weight excluding hydrogens is 351 g/mol. The van der Waals surface area contributed by atoms with Crippen LogP contribution >= 0.6 is 22.9 Å². The largest absolute Gasteiger partial charge is 0.484 e. The van der Waals surface area contributed by atoms with Gasteiger partial charge in [-0.1, -0.05) is 11.6 Å². The molecule has 3 rings (SSSR count). The molecule has 1 aliphatic rings. The van der Waals surface area contributed by atoms with Crippen molar-refractivity contribution in [3.05, 3.63) is 44.6 Å². The third-order valence-electron chi connectivity index (χ3n) is 3.81. The lowest BCUT2D eigenvalue weighted by atomic mass is 10.0. The van der Waals surface area contributed by atoms with Crippen molar-refractivity contribution in [3.63, 3.8) is 0 Å². The number of halogens is 2. The number of nitrogens with zero attached hydrogens (tertiary/aromatic N) is 1. The van der Waals surface area contributed by atoms with Gasteiger partial charge in [0, 0.05) is 23.9 Å². The van der Waals surface area contributed by atoms with Gasteiger partial charge < -0.3 is 10.1 Å². The van der Waals surface area contributed by atoms with Gasteiger partial charge in [-0.2, -0.15) is 0 Å². The molecule has 0 fully saturated rings. The van der Waals surface area contributed by atoms with Gasteiger partial charge in [-0.25, -0.2) is 9.37 Å². The van der Waals surface area contributed by atoms with E-state index in [1.165, 1.54) is 41.6 Å². The summed E-state index contributed by atoms with van der Waals surface area (Å²) in [6.07, 6.45) is 5.40. The second-order valence-electron chi connectivity index (χ2n) is 5.65. The third-order valence-corrected chi connectivity index (χ3v) is 5.32. The monoisotopic (exact) mass is 368 g/mol. The number of thiazole rings is 1. The molecule has 7 heteroatoms. The maximum atomic E-state index is 13.0. The number of benzene rings is 1. The molecule has 4 nitrogen and oxygen atoms in total. The van der Waals surface area contributed by atoms with Gasteiger partial charge in [0.15, 0.2) is 6.61 Å². The Labute approximate surface area is 149 Å². The predicted octanol–water partition coefficient (Wildman–Crippen LogP) is 3.55. The quantitative estimate of drug-likeness (QED) is 0.848. The highest BCUT2D eigenvalue weighted by molar-refractivity contribution is 7.11. The number of amides is 1. The second-order valence-corrected chi connectivity index (χ2v) is 7.22. The van der Waals surface area contributed by atoms with Gasteiger partial charge in [0.2, 0.25) is 0 Å². The summed E-state index contributed by atoms with van der Waals surface area (Å²) in [4.78, 5) is 17.8. The van der Waals surface area contributed by atoms with Crippen molar-refractivity contribution < 1.29 is 13.9 Å². The lowest BCUT2D eigenvalue weighted by molar-refractivity contribution is -0.123. The lowest BCUT2D eigenvalue weighted by Crippen LogP contribution is -2.30. The van der Waals surface area contributed by atoms with E-state index in [4.69, 9.17) is 16.3 Å². The van der Waals surface area contributed by atoms with Crippen molar-refractivity contribution in [1.29, 1.82) is 0 Å². The summed E-state index contributed by atoms with van der Waals surface area (Å²) in [5, 5.41) is 3.85. The number of aryl methyl sites for hydroxylation is 2. The molecule has 1 aromatic carbocycles. The van der Waals surface area contributed by atoms with E-state index in [-0.39, 0.29) is 17.5 Å². The summed E-state index contributed by atoms with van der Waals surface area (Å²) in [7, 11) is 0. The SMILES string of the molecule is O=C(COc1ccc(F)c(Cl)c1)NCCc1nc2c(s1)CCCC2. The van der Waals surface area contributed by atoms with Crippen molar-refractivity contribution in [3.8, 4) is 5.75 Å². The molecule has 128 valence electrons. The molecule has 1 aromatic heterocycles. The van der Waals surface area contributed by atoms with Gasteiger partial charge >= 0.3 is 0 Å². The second kappa shape index (κ2) is 7.94. The molecule has 0 unspecified atom stereocenters. The van der Waals surface area contributed by atoms with Gasteiger partial charge in [0.25, 0.3) is 5.91 Å². The molecule has 0 radical (unpaired) electrons. The first-order valence-electron chi connectivity index (χ1n) is 7.94. The number of aromatic nitrogens is 1. The van der Waals surface area contributed by atoms with Crippen molar-refractivity contribution in [2.24, 2.45) is 0 Å². The number of nitrogens with one attached hydrogen (secondary N) is 1. The molecule has 2 aromatic rings. The van der Waals surface area contributed by atoms with Crippen molar-refractivity contribution in [2.75, 3.05) is 13.2 Å². The van der Waals surface area contributed by atoms with Crippen LogP contribution < -0.4 is 10.1 Å². The van der Waals surface area contributed by atoms with E-state index < -0.39 is 5.82 Å². The fourth-order valence-corrected chi connectivity index (χ4v) is 3.91. The Morgan fingerprint density at radius 1 is 1.38 bits per heavy atom. The highest BCUT2D eigenvalue weighted by Gasteiger charge is 2.15. The summed E-state index contributed by atoms with van der Waals surface area (Å²) in [5.41, 5.74) is 1.24. The Morgan fingerprint density at radius 3 is 3.00 bits per heavy atom. The summed E-state index contributed by atoms with van der Waals surface area (Å²) < 4.78 is 18.3. The molecular formula is C17H18ClFN2O2S. The van der Waals surface area contributed by atoms with Crippen LogP contribution in [0.25, 0.3) is 0 Å². The van der Waals surface area contributed by atoms with Crippen molar-refractivity contribution in [1.82, 2.24) is 10.3 Å². The first-order valence-corrected chi connectivity index (χ1v) is 9.13. The molecule has 0 spiro atoms. The van der Waals surface area contributed by atoms with Crippen LogP contribution in [0.5, 0.6) is 5.75 Å². The smallest absolute Gasteiger partial charge is 0.257 e. The summed E-state index contributed by atoms with van der Waals surface area (Å²) >= 11 is 7.42. The molecule has 0 bridgehead atoms. The van der Waals surface area contributed by atoms with Crippen LogP contribution in [0.3, 0.4) is 0 Å². The minimum atomic E-state index is -0.514. The van der Waals surface area contributed by atoms with Crippen molar-refractivity contribution in [2.45, 2.75) is 32.1 Å². The highest BCUT2D eigenvalue weighted by atomic mass is 35.5. The van der Waals surface area contributed by atoms with Crippen LogP contribution in [0.15, 0.2) is 18.2 Å². The molecule has 1 N–H and O–H groups in total. The molecule has 0 saturated heterocycles. The number of fused-ring (bicyclic) bond motifs is 1. The minimum Gasteiger partial charge on any atom is -0.484 e. The molecule has 1 amide bonds. The molecule has 0 atom stereocenters. The average molecular weight is 369 g/mol. The molecule has 0 saturated carbocycles. The Morgan fingerprint density at radius 2 is 2.21 bits per heavy atom. The predicted molar refractivity (Wildman–Crippen MR) is 92.4 cm³/mol. The van der Waals surface area contributed by atoms with Gasteiger partial charge in [0.1, 0.15) is 11.6 Å². The van der Waals surface area contributed by atoms with Crippen LogP contribution in [-0.4, -0.2) is 24.0 Å².